The largest absolute Gasteiger partial charge is 0.994 e. The number of halogens is 2. The third-order valence-electron chi connectivity index (χ3n) is 3.54. The zero-order valence-corrected chi connectivity index (χ0v) is 12.3. The molecule has 0 saturated heterocycles. The van der Waals surface area contributed by atoms with Gasteiger partial charge in [0, 0.05) is 12.5 Å². The number of hydrogen-bond acceptors (Lipinski definition) is 2. The Morgan fingerprint density at radius 1 is 1.09 bits per heavy atom. The van der Waals surface area contributed by atoms with E-state index in [9.17, 15) is 8.63 Å². The summed E-state index contributed by atoms with van der Waals surface area (Å²) in [5.74, 6) is 0.798. The summed E-state index contributed by atoms with van der Waals surface area (Å²) in [5, 5.41) is 0. The Labute approximate surface area is 127 Å². The Morgan fingerprint density at radius 3 is 2.55 bits per heavy atom. The van der Waals surface area contributed by atoms with Crippen LogP contribution in [0, 0.1) is 6.92 Å². The minimum absolute atomic E-state index is 0.124. The van der Waals surface area contributed by atoms with Crippen molar-refractivity contribution in [2.45, 2.75) is 20.5 Å². The SMILES string of the molecule is CC1=[O+][B-](F)(F)Oc2c1ccc(OCc1ccccc1)c2C. The highest BCUT2D eigenvalue weighted by Crippen LogP contribution is 2.37. The van der Waals surface area contributed by atoms with Gasteiger partial charge in [0.2, 0.25) is 0 Å². The standard InChI is InChI=1S/C16H15BF2O3/c1-11-15(20-10-13-6-4-3-5-7-13)9-8-14-12(2)21-17(18,19)22-16(11)14/h3-9H,10H2,1-2H3. The van der Waals surface area contributed by atoms with Crippen molar-refractivity contribution in [2.75, 3.05) is 0 Å². The van der Waals surface area contributed by atoms with Gasteiger partial charge in [-0.1, -0.05) is 30.3 Å². The molecule has 0 aromatic heterocycles. The number of benzene rings is 2. The Balaban J connectivity index is 1.88. The first-order valence-electron chi connectivity index (χ1n) is 6.98. The lowest BCUT2D eigenvalue weighted by molar-refractivity contribution is -0.182. The van der Waals surface area contributed by atoms with Gasteiger partial charge in [-0.15, -0.1) is 0 Å². The molecule has 2 aromatic carbocycles. The highest BCUT2D eigenvalue weighted by molar-refractivity contribution is 6.52. The molecule has 114 valence electrons. The van der Waals surface area contributed by atoms with Crippen LogP contribution in [0.15, 0.2) is 42.5 Å². The summed E-state index contributed by atoms with van der Waals surface area (Å²) in [6.07, 6.45) is 0. The molecule has 22 heavy (non-hydrogen) atoms. The molecule has 6 heteroatoms. The quantitative estimate of drug-likeness (QED) is 0.631. The molecule has 2 aromatic rings. The van der Waals surface area contributed by atoms with E-state index in [1.54, 1.807) is 19.1 Å². The molecule has 0 bridgehead atoms. The third kappa shape index (κ3) is 2.82. The fourth-order valence-corrected chi connectivity index (χ4v) is 2.42. The maximum absolute atomic E-state index is 13.5. The van der Waals surface area contributed by atoms with Crippen LogP contribution in [0.2, 0.25) is 0 Å². The third-order valence-corrected chi connectivity index (χ3v) is 3.54. The lowest BCUT2D eigenvalue weighted by atomic mass is 10.0. The van der Waals surface area contributed by atoms with E-state index in [4.69, 9.17) is 9.39 Å². The van der Waals surface area contributed by atoms with Crippen LogP contribution in [-0.2, 0) is 6.61 Å². The van der Waals surface area contributed by atoms with Crippen molar-refractivity contribution in [3.63, 3.8) is 0 Å². The van der Waals surface area contributed by atoms with Crippen LogP contribution < -0.4 is 9.39 Å². The second-order valence-corrected chi connectivity index (χ2v) is 5.17. The molecule has 0 aliphatic carbocycles. The maximum Gasteiger partial charge on any atom is 0.994 e. The van der Waals surface area contributed by atoms with Crippen LogP contribution in [0.4, 0.5) is 8.63 Å². The second-order valence-electron chi connectivity index (χ2n) is 5.17. The molecule has 0 amide bonds. The minimum Gasteiger partial charge on any atom is -0.568 e. The van der Waals surface area contributed by atoms with E-state index < -0.39 is 7.11 Å². The van der Waals surface area contributed by atoms with Gasteiger partial charge < -0.3 is 22.4 Å². The molecule has 3 rings (SSSR count). The van der Waals surface area contributed by atoms with E-state index in [0.29, 0.717) is 23.5 Å². The van der Waals surface area contributed by atoms with E-state index in [1.165, 1.54) is 6.92 Å². The van der Waals surface area contributed by atoms with E-state index in [2.05, 4.69) is 4.34 Å². The molecular formula is C16H15BF2O3. The van der Waals surface area contributed by atoms with Gasteiger partial charge in [0.15, 0.2) is 0 Å². The molecule has 0 radical (unpaired) electrons. The number of hydrogen-bond donors (Lipinski definition) is 0. The van der Waals surface area contributed by atoms with Gasteiger partial charge in [-0.25, -0.2) is 0 Å². The molecule has 0 spiro atoms. The van der Waals surface area contributed by atoms with Crippen molar-refractivity contribution in [3.05, 3.63) is 59.2 Å². The van der Waals surface area contributed by atoms with Crippen molar-refractivity contribution >= 4 is 12.9 Å². The molecular weight excluding hydrogens is 289 g/mol. The Bertz CT molecular complexity index is 730. The van der Waals surface area contributed by atoms with E-state index in [1.807, 2.05) is 30.3 Å². The van der Waals surface area contributed by atoms with Crippen molar-refractivity contribution in [1.82, 2.24) is 0 Å². The number of carbonyl (C=O) groups excluding carboxylic acids is 1. The molecule has 0 atom stereocenters. The molecule has 1 heterocycles. The lowest BCUT2D eigenvalue weighted by Crippen LogP contribution is -2.35. The van der Waals surface area contributed by atoms with E-state index >= 15 is 0 Å². The van der Waals surface area contributed by atoms with Crippen LogP contribution >= 0.6 is 0 Å². The number of ether oxygens (including phenoxy) is 1. The van der Waals surface area contributed by atoms with Crippen molar-refractivity contribution < 1.29 is 22.4 Å². The highest BCUT2D eigenvalue weighted by Gasteiger charge is 2.53. The first kappa shape index (κ1) is 14.6. The summed E-state index contributed by atoms with van der Waals surface area (Å²) >= 11 is 0. The van der Waals surface area contributed by atoms with Crippen LogP contribution in [0.1, 0.15) is 28.0 Å². The van der Waals surface area contributed by atoms with Crippen LogP contribution in [0.25, 0.3) is 0 Å². The summed E-state index contributed by atoms with van der Waals surface area (Å²) in [5.41, 5.74) is 2.07. The molecule has 0 fully saturated rings. The average Bonchev–Trinajstić information content (AvgIpc) is 2.47. The summed E-state index contributed by atoms with van der Waals surface area (Å²) in [6, 6.07) is 13.0. The number of ketones is 1. The lowest BCUT2D eigenvalue weighted by Gasteiger charge is -2.23. The van der Waals surface area contributed by atoms with Gasteiger partial charge in [-0.3, -0.25) is 0 Å². The van der Waals surface area contributed by atoms with Gasteiger partial charge in [-0.05, 0) is 24.6 Å². The first-order valence-corrected chi connectivity index (χ1v) is 6.98. The smallest absolute Gasteiger partial charge is 0.568 e. The monoisotopic (exact) mass is 304 g/mol. The fourth-order valence-electron chi connectivity index (χ4n) is 2.42. The zero-order valence-electron chi connectivity index (χ0n) is 12.3. The van der Waals surface area contributed by atoms with Gasteiger partial charge in [0.05, 0.1) is 0 Å². The molecule has 0 unspecified atom stereocenters. The van der Waals surface area contributed by atoms with Gasteiger partial charge in [-0.2, -0.15) is 0 Å². The topological polar surface area (TPSA) is 29.8 Å². The fraction of sp³-hybridized carbons (Fsp3) is 0.188. The summed E-state index contributed by atoms with van der Waals surface area (Å²) in [7, 11) is -4.32. The Hall–Kier alpha value is -2.37. The van der Waals surface area contributed by atoms with Crippen LogP contribution in [0.5, 0.6) is 11.5 Å². The zero-order chi connectivity index (χ0) is 15.7. The highest BCUT2D eigenvalue weighted by atomic mass is 19.3. The summed E-state index contributed by atoms with van der Waals surface area (Å²) < 4.78 is 41.9. The normalized spacial score (nSPS) is 15.5. The van der Waals surface area contributed by atoms with Crippen molar-refractivity contribution in [3.8, 4) is 11.5 Å². The van der Waals surface area contributed by atoms with E-state index in [0.717, 1.165) is 5.56 Å². The maximum atomic E-state index is 13.5. The predicted octanol–water partition coefficient (Wildman–Crippen LogP) is 4.08. The second kappa shape index (κ2) is 5.44. The van der Waals surface area contributed by atoms with E-state index in [-0.39, 0.29) is 11.5 Å². The molecule has 1 aliphatic heterocycles. The van der Waals surface area contributed by atoms with Gasteiger partial charge in [0.25, 0.3) is 5.78 Å². The molecule has 0 saturated carbocycles. The van der Waals surface area contributed by atoms with Gasteiger partial charge >= 0.3 is 7.11 Å². The minimum atomic E-state index is -4.32. The molecule has 0 N–H and O–H groups in total. The average molecular weight is 304 g/mol. The Kier molecular flexibility index (Phi) is 3.60. The van der Waals surface area contributed by atoms with Crippen molar-refractivity contribution in [1.29, 1.82) is 0 Å². The van der Waals surface area contributed by atoms with Crippen LogP contribution in [-0.4, -0.2) is 12.9 Å². The van der Waals surface area contributed by atoms with Crippen LogP contribution in [0.3, 0.4) is 0 Å². The first-order chi connectivity index (χ1) is 10.5. The number of fused-ring (bicyclic) bond motifs is 1. The van der Waals surface area contributed by atoms with Gasteiger partial charge in [0.1, 0.15) is 23.7 Å². The predicted molar refractivity (Wildman–Crippen MR) is 80.6 cm³/mol. The summed E-state index contributed by atoms with van der Waals surface area (Å²) in [6.45, 7) is 3.56. The number of rotatable bonds is 3. The molecule has 1 aliphatic rings. The Morgan fingerprint density at radius 2 is 1.82 bits per heavy atom. The molecule has 3 nitrogen and oxygen atoms in total. The van der Waals surface area contributed by atoms with Crippen molar-refractivity contribution in [2.24, 2.45) is 0 Å². The summed E-state index contributed by atoms with van der Waals surface area (Å²) in [4.78, 5) is 0.